The van der Waals surface area contributed by atoms with Crippen molar-refractivity contribution in [2.45, 2.75) is 470 Å². The fraction of sp³-hybridized carbons (Fsp3) is 0.952. The van der Waals surface area contributed by atoms with Gasteiger partial charge in [-0.25, -0.2) is 9.13 Å². The topological polar surface area (TPSA) is 237 Å². The number of hydrogen-bond acceptors (Lipinski definition) is 15. The SMILES string of the molecule is CCCCCCCCCCCCCCCCCCCCCCCC(=O)O[C@H](COC(=O)CCCCCCCCCCCCCCCCCCCC)COP(=O)(O)OC[C@@H](O)COP(=O)(O)OC[C@@H](COC(=O)CCCCCCC)OC(=O)CCCCCCCCCCCCCCCCCCCC. The summed E-state index contributed by atoms with van der Waals surface area (Å²) in [5.41, 5.74) is 0. The number of esters is 4. The quantitative estimate of drug-likeness (QED) is 0.0222. The molecule has 0 aliphatic heterocycles. The van der Waals surface area contributed by atoms with Crippen molar-refractivity contribution in [1.82, 2.24) is 0 Å². The van der Waals surface area contributed by atoms with Gasteiger partial charge in [-0.2, -0.15) is 0 Å². The van der Waals surface area contributed by atoms with E-state index >= 15 is 0 Å². The van der Waals surface area contributed by atoms with Crippen molar-refractivity contribution in [3.8, 4) is 0 Å². The van der Waals surface area contributed by atoms with E-state index in [2.05, 4.69) is 27.7 Å². The third kappa shape index (κ3) is 76.3. The summed E-state index contributed by atoms with van der Waals surface area (Å²) < 4.78 is 68.6. The van der Waals surface area contributed by atoms with Gasteiger partial charge in [0.25, 0.3) is 0 Å². The molecule has 0 saturated carbocycles. The summed E-state index contributed by atoms with van der Waals surface area (Å²) in [6.07, 6.45) is 71.4. The van der Waals surface area contributed by atoms with E-state index < -0.39 is 97.5 Å². The number of aliphatic hydroxyl groups is 1. The van der Waals surface area contributed by atoms with Gasteiger partial charge < -0.3 is 33.8 Å². The van der Waals surface area contributed by atoms with Gasteiger partial charge in [-0.05, 0) is 25.7 Å². The Balaban J connectivity index is 5.10. The third-order valence-electron chi connectivity index (χ3n) is 19.6. The van der Waals surface area contributed by atoms with Gasteiger partial charge in [-0.1, -0.05) is 400 Å². The molecule has 0 aromatic carbocycles. The lowest BCUT2D eigenvalue weighted by Crippen LogP contribution is -2.30. The highest BCUT2D eigenvalue weighted by atomic mass is 31.2. The van der Waals surface area contributed by atoms with E-state index in [0.717, 1.165) is 96.3 Å². The molecule has 0 aromatic rings. The van der Waals surface area contributed by atoms with E-state index in [1.807, 2.05) is 0 Å². The molecule has 3 N–H and O–H groups in total. The average Bonchev–Trinajstić information content (AvgIpc) is 1.01. The zero-order valence-corrected chi connectivity index (χ0v) is 68.4. The minimum Gasteiger partial charge on any atom is -0.462 e. The van der Waals surface area contributed by atoms with Crippen LogP contribution >= 0.6 is 15.6 Å². The van der Waals surface area contributed by atoms with Crippen LogP contribution in [0.3, 0.4) is 0 Å². The van der Waals surface area contributed by atoms with Crippen LogP contribution in [-0.4, -0.2) is 96.7 Å². The standard InChI is InChI=1S/C83H162O17P2/c1-5-9-13-17-20-23-26-29-32-35-38-39-40-43-46-49-52-55-58-62-66-70-83(88)100-79(74-94-81(86)68-64-60-56-53-50-47-44-41-36-33-30-27-24-21-18-14-10-6-2)76-98-102(91,92)96-72-77(84)71-95-101(89,90)97-75-78(73-93-80(85)67-63-59-16-12-8-4)99-82(87)69-65-61-57-54-51-48-45-42-37-34-31-28-25-22-19-15-11-7-3/h77-79,84H,5-76H2,1-4H3,(H,89,90)(H,91,92)/t77-,78+,79+/m0/s1. The van der Waals surface area contributed by atoms with Crippen LogP contribution < -0.4 is 0 Å². The van der Waals surface area contributed by atoms with Gasteiger partial charge in [0.15, 0.2) is 12.2 Å². The molecule has 0 spiro atoms. The summed E-state index contributed by atoms with van der Waals surface area (Å²) >= 11 is 0. The molecule has 17 nitrogen and oxygen atoms in total. The molecule has 0 heterocycles. The van der Waals surface area contributed by atoms with Crippen LogP contribution in [0.15, 0.2) is 0 Å². The Morgan fingerprint density at radius 1 is 0.235 bits per heavy atom. The number of hydrogen-bond donors (Lipinski definition) is 3. The number of rotatable bonds is 84. The number of carbonyl (C=O) groups is 4. The number of phosphoric acid groups is 2. The van der Waals surface area contributed by atoms with Crippen molar-refractivity contribution >= 4 is 39.5 Å². The summed E-state index contributed by atoms with van der Waals surface area (Å²) in [5.74, 6) is -2.11. The summed E-state index contributed by atoms with van der Waals surface area (Å²) in [7, 11) is -9.91. The van der Waals surface area contributed by atoms with Crippen molar-refractivity contribution in [1.29, 1.82) is 0 Å². The van der Waals surface area contributed by atoms with Gasteiger partial charge in [0.2, 0.25) is 0 Å². The predicted octanol–water partition coefficient (Wildman–Crippen LogP) is 25.4. The summed E-state index contributed by atoms with van der Waals surface area (Å²) in [4.78, 5) is 72.8. The van der Waals surface area contributed by atoms with Gasteiger partial charge in [0.05, 0.1) is 26.4 Å². The maximum absolute atomic E-state index is 13.1. The first-order chi connectivity index (χ1) is 49.7. The van der Waals surface area contributed by atoms with E-state index in [-0.39, 0.29) is 25.7 Å². The molecule has 0 bridgehead atoms. The molecule has 0 radical (unpaired) electrons. The molecule has 0 aromatic heterocycles. The van der Waals surface area contributed by atoms with Crippen LogP contribution in [0.5, 0.6) is 0 Å². The average molecular weight is 1490 g/mol. The van der Waals surface area contributed by atoms with Gasteiger partial charge >= 0.3 is 39.5 Å². The maximum atomic E-state index is 13.1. The second-order valence-corrected chi connectivity index (χ2v) is 32.8. The number of phosphoric ester groups is 2. The molecular formula is C83H162O17P2. The Kier molecular flexibility index (Phi) is 75.8. The van der Waals surface area contributed by atoms with Crippen LogP contribution in [0.4, 0.5) is 0 Å². The largest absolute Gasteiger partial charge is 0.472 e. The molecule has 0 aliphatic rings. The Morgan fingerprint density at radius 3 is 0.578 bits per heavy atom. The van der Waals surface area contributed by atoms with Crippen LogP contribution in [0.25, 0.3) is 0 Å². The van der Waals surface area contributed by atoms with Crippen molar-refractivity contribution in [2.24, 2.45) is 0 Å². The molecule has 2 unspecified atom stereocenters. The number of carbonyl (C=O) groups excluding carboxylic acids is 4. The first-order valence-corrected chi connectivity index (χ1v) is 46.3. The van der Waals surface area contributed by atoms with Crippen molar-refractivity contribution in [3.05, 3.63) is 0 Å². The van der Waals surface area contributed by atoms with Gasteiger partial charge in [-0.3, -0.25) is 37.3 Å². The van der Waals surface area contributed by atoms with Crippen molar-refractivity contribution < 1.29 is 80.2 Å². The lowest BCUT2D eigenvalue weighted by molar-refractivity contribution is -0.161. The van der Waals surface area contributed by atoms with Crippen molar-refractivity contribution in [2.75, 3.05) is 39.6 Å². The molecule has 0 amide bonds. The molecule has 0 saturated heterocycles. The van der Waals surface area contributed by atoms with Crippen molar-refractivity contribution in [3.63, 3.8) is 0 Å². The Hall–Kier alpha value is -1.94. The summed E-state index contributed by atoms with van der Waals surface area (Å²) in [6, 6.07) is 0. The first-order valence-electron chi connectivity index (χ1n) is 43.3. The van der Waals surface area contributed by atoms with E-state index in [1.54, 1.807) is 0 Å². The molecule has 19 heteroatoms. The molecule has 0 rings (SSSR count). The second-order valence-electron chi connectivity index (χ2n) is 29.9. The summed E-state index contributed by atoms with van der Waals surface area (Å²) in [6.45, 7) is 4.95. The normalized spacial score (nSPS) is 13.8. The fourth-order valence-electron chi connectivity index (χ4n) is 13.0. The number of unbranched alkanes of at least 4 members (excludes halogenated alkanes) is 58. The van der Waals surface area contributed by atoms with Gasteiger partial charge in [0, 0.05) is 25.7 Å². The van der Waals surface area contributed by atoms with E-state index in [4.69, 9.17) is 37.0 Å². The minimum absolute atomic E-state index is 0.108. The highest BCUT2D eigenvalue weighted by molar-refractivity contribution is 7.47. The molecule has 102 heavy (non-hydrogen) atoms. The molecule has 606 valence electrons. The highest BCUT2D eigenvalue weighted by Gasteiger charge is 2.30. The Labute approximate surface area is 626 Å². The zero-order chi connectivity index (χ0) is 74.6. The third-order valence-corrected chi connectivity index (χ3v) is 21.5. The lowest BCUT2D eigenvalue weighted by Gasteiger charge is -2.21. The molecule has 0 fully saturated rings. The molecular weight excluding hydrogens is 1330 g/mol. The van der Waals surface area contributed by atoms with E-state index in [9.17, 15) is 43.2 Å². The second kappa shape index (κ2) is 77.2. The molecule has 5 atom stereocenters. The van der Waals surface area contributed by atoms with Gasteiger partial charge in [0.1, 0.15) is 19.3 Å². The minimum atomic E-state index is -4.96. The molecule has 0 aliphatic carbocycles. The predicted molar refractivity (Wildman–Crippen MR) is 419 cm³/mol. The van der Waals surface area contributed by atoms with E-state index in [1.165, 1.54) is 276 Å². The van der Waals surface area contributed by atoms with E-state index in [0.29, 0.717) is 25.7 Å². The van der Waals surface area contributed by atoms with Crippen LogP contribution in [-0.2, 0) is 65.4 Å². The summed E-state index contributed by atoms with van der Waals surface area (Å²) in [5, 5.41) is 10.6. The number of ether oxygens (including phenoxy) is 4. The maximum Gasteiger partial charge on any atom is 0.472 e. The van der Waals surface area contributed by atoms with Crippen LogP contribution in [0, 0.1) is 0 Å². The van der Waals surface area contributed by atoms with Crippen LogP contribution in [0.1, 0.15) is 451 Å². The zero-order valence-electron chi connectivity index (χ0n) is 66.6. The van der Waals surface area contributed by atoms with Gasteiger partial charge in [-0.15, -0.1) is 0 Å². The smallest absolute Gasteiger partial charge is 0.462 e. The number of aliphatic hydroxyl groups excluding tert-OH is 1. The Morgan fingerprint density at radius 2 is 0.392 bits per heavy atom. The fourth-order valence-corrected chi connectivity index (χ4v) is 14.6. The highest BCUT2D eigenvalue weighted by Crippen LogP contribution is 2.45. The van der Waals surface area contributed by atoms with Crippen LogP contribution in [0.2, 0.25) is 0 Å². The first kappa shape index (κ1) is 100. The Bertz CT molecular complexity index is 1930. The monoisotopic (exact) mass is 1490 g/mol. The lowest BCUT2D eigenvalue weighted by atomic mass is 10.0.